The van der Waals surface area contributed by atoms with Crippen LogP contribution in [-0.2, 0) is 14.3 Å². The largest absolute Gasteiger partial charge is 0.481 e. The summed E-state index contributed by atoms with van der Waals surface area (Å²) in [7, 11) is 3.64. The molecule has 1 heterocycles. The number of nitrogens with zero attached hydrogens (tertiary/aromatic N) is 2. The van der Waals surface area contributed by atoms with Gasteiger partial charge in [-0.15, -0.1) is 0 Å². The van der Waals surface area contributed by atoms with Crippen molar-refractivity contribution in [2.75, 3.05) is 40.4 Å². The zero-order valence-electron chi connectivity index (χ0n) is 15.3. The van der Waals surface area contributed by atoms with Crippen LogP contribution in [0.4, 0.5) is 0 Å². The molecule has 1 aromatic rings. The number of likely N-dealkylation sites (N-methyl/N-ethyl adjacent to an activating group) is 1. The molecular weight excluding hydrogens is 320 g/mol. The van der Waals surface area contributed by atoms with E-state index in [1.807, 2.05) is 38.2 Å². The summed E-state index contributed by atoms with van der Waals surface area (Å²) in [6.45, 7) is 4.57. The highest BCUT2D eigenvalue weighted by atomic mass is 16.5. The van der Waals surface area contributed by atoms with Gasteiger partial charge >= 0.3 is 5.97 Å². The number of rotatable bonds is 8. The van der Waals surface area contributed by atoms with Crippen molar-refractivity contribution in [1.82, 2.24) is 9.80 Å². The molecule has 1 saturated heterocycles. The second-order valence-electron chi connectivity index (χ2n) is 6.67. The topological polar surface area (TPSA) is 70.1 Å². The number of hydrogen-bond donors (Lipinski definition) is 1. The number of benzene rings is 1. The van der Waals surface area contributed by atoms with Crippen LogP contribution in [-0.4, -0.2) is 67.2 Å². The molecular formula is C19H28N2O4. The smallest absolute Gasteiger partial charge is 0.308 e. The summed E-state index contributed by atoms with van der Waals surface area (Å²) in [5.41, 5.74) is 1.95. The van der Waals surface area contributed by atoms with Gasteiger partial charge in [0.15, 0.2) is 0 Å². The maximum Gasteiger partial charge on any atom is 0.308 e. The van der Waals surface area contributed by atoms with Gasteiger partial charge in [0.05, 0.1) is 18.6 Å². The SMILES string of the molecule is COCCN(C)CCN1C(=O)CCC(C(=O)O)C1c1ccccc1C. The average Bonchev–Trinajstić information content (AvgIpc) is 2.58. The highest BCUT2D eigenvalue weighted by molar-refractivity contribution is 5.82. The number of methoxy groups -OCH3 is 1. The monoisotopic (exact) mass is 348 g/mol. The fraction of sp³-hybridized carbons (Fsp3) is 0.579. The van der Waals surface area contributed by atoms with E-state index < -0.39 is 17.9 Å². The molecule has 1 aromatic carbocycles. The Labute approximate surface area is 149 Å². The molecule has 0 saturated carbocycles. The maximum atomic E-state index is 12.6. The Morgan fingerprint density at radius 2 is 2.08 bits per heavy atom. The van der Waals surface area contributed by atoms with Crippen molar-refractivity contribution in [3.8, 4) is 0 Å². The lowest BCUT2D eigenvalue weighted by Crippen LogP contribution is -2.48. The van der Waals surface area contributed by atoms with Crippen LogP contribution in [0.15, 0.2) is 24.3 Å². The van der Waals surface area contributed by atoms with Gasteiger partial charge in [0, 0.05) is 33.2 Å². The summed E-state index contributed by atoms with van der Waals surface area (Å²) >= 11 is 0. The first-order chi connectivity index (χ1) is 12.0. The predicted molar refractivity (Wildman–Crippen MR) is 95.4 cm³/mol. The van der Waals surface area contributed by atoms with Gasteiger partial charge in [-0.1, -0.05) is 24.3 Å². The number of carboxylic acid groups (broad SMARTS) is 1. The molecule has 2 unspecified atom stereocenters. The Balaban J connectivity index is 2.24. The minimum atomic E-state index is -0.835. The Kier molecular flexibility index (Phi) is 6.96. The molecule has 1 N–H and O–H groups in total. The van der Waals surface area contributed by atoms with Crippen LogP contribution < -0.4 is 0 Å². The number of likely N-dealkylation sites (tertiary alicyclic amines) is 1. The van der Waals surface area contributed by atoms with Crippen molar-refractivity contribution in [3.63, 3.8) is 0 Å². The average molecular weight is 348 g/mol. The molecule has 0 aliphatic carbocycles. The number of hydrogen-bond acceptors (Lipinski definition) is 4. The first-order valence-corrected chi connectivity index (χ1v) is 8.71. The van der Waals surface area contributed by atoms with Crippen LogP contribution in [0.1, 0.15) is 30.0 Å². The van der Waals surface area contributed by atoms with Crippen LogP contribution in [0.2, 0.25) is 0 Å². The minimum Gasteiger partial charge on any atom is -0.481 e. The van der Waals surface area contributed by atoms with Crippen molar-refractivity contribution in [1.29, 1.82) is 0 Å². The fourth-order valence-corrected chi connectivity index (χ4v) is 3.42. The molecule has 1 fully saturated rings. The van der Waals surface area contributed by atoms with Gasteiger partial charge in [0.25, 0.3) is 0 Å². The van der Waals surface area contributed by atoms with Gasteiger partial charge in [-0.2, -0.15) is 0 Å². The zero-order chi connectivity index (χ0) is 18.4. The molecule has 0 spiro atoms. The zero-order valence-corrected chi connectivity index (χ0v) is 15.3. The first-order valence-electron chi connectivity index (χ1n) is 8.71. The number of carbonyl (C=O) groups excluding carboxylic acids is 1. The molecule has 0 radical (unpaired) electrons. The fourth-order valence-electron chi connectivity index (χ4n) is 3.42. The number of piperidine rings is 1. The second kappa shape index (κ2) is 8.97. The van der Waals surface area contributed by atoms with E-state index in [0.717, 1.165) is 17.7 Å². The van der Waals surface area contributed by atoms with Crippen molar-refractivity contribution < 1.29 is 19.4 Å². The molecule has 1 aliphatic rings. The van der Waals surface area contributed by atoms with E-state index in [2.05, 4.69) is 4.90 Å². The van der Waals surface area contributed by atoms with Crippen LogP contribution in [0.25, 0.3) is 0 Å². The molecule has 6 nitrogen and oxygen atoms in total. The number of ether oxygens (including phenoxy) is 1. The Morgan fingerprint density at radius 1 is 1.36 bits per heavy atom. The summed E-state index contributed by atoms with van der Waals surface area (Å²) in [4.78, 5) is 28.2. The normalized spacial score (nSPS) is 21.0. The molecule has 0 bridgehead atoms. The predicted octanol–water partition coefficient (Wildman–Crippen LogP) is 1.94. The highest BCUT2D eigenvalue weighted by Crippen LogP contribution is 2.38. The van der Waals surface area contributed by atoms with Gasteiger partial charge < -0.3 is 19.6 Å². The van der Waals surface area contributed by atoms with Crippen LogP contribution in [0, 0.1) is 12.8 Å². The van der Waals surface area contributed by atoms with Gasteiger partial charge in [0.1, 0.15) is 0 Å². The van der Waals surface area contributed by atoms with E-state index in [0.29, 0.717) is 32.5 Å². The van der Waals surface area contributed by atoms with E-state index in [-0.39, 0.29) is 5.91 Å². The summed E-state index contributed by atoms with van der Waals surface area (Å²) in [6.07, 6.45) is 0.685. The second-order valence-corrected chi connectivity index (χ2v) is 6.67. The molecule has 6 heteroatoms. The third kappa shape index (κ3) is 4.80. The van der Waals surface area contributed by atoms with E-state index in [4.69, 9.17) is 4.74 Å². The number of carboxylic acids is 1. The van der Waals surface area contributed by atoms with Crippen LogP contribution in [0.5, 0.6) is 0 Å². The quantitative estimate of drug-likeness (QED) is 0.777. The molecule has 1 amide bonds. The Morgan fingerprint density at radius 3 is 2.72 bits per heavy atom. The molecule has 2 atom stereocenters. The van der Waals surface area contributed by atoms with Crippen molar-refractivity contribution in [3.05, 3.63) is 35.4 Å². The third-order valence-electron chi connectivity index (χ3n) is 4.93. The lowest BCUT2D eigenvalue weighted by atomic mass is 9.82. The molecule has 25 heavy (non-hydrogen) atoms. The first kappa shape index (κ1) is 19.4. The van der Waals surface area contributed by atoms with E-state index in [9.17, 15) is 14.7 Å². The van der Waals surface area contributed by atoms with Gasteiger partial charge in [-0.05, 0) is 31.5 Å². The van der Waals surface area contributed by atoms with Crippen molar-refractivity contribution in [2.24, 2.45) is 5.92 Å². The molecule has 138 valence electrons. The molecule has 2 rings (SSSR count). The van der Waals surface area contributed by atoms with E-state index in [1.54, 1.807) is 12.0 Å². The molecule has 0 aromatic heterocycles. The minimum absolute atomic E-state index is 0.0332. The van der Waals surface area contributed by atoms with E-state index in [1.165, 1.54) is 0 Å². The van der Waals surface area contributed by atoms with Gasteiger partial charge in [0.2, 0.25) is 5.91 Å². The van der Waals surface area contributed by atoms with Gasteiger partial charge in [-0.25, -0.2) is 0 Å². The summed E-state index contributed by atoms with van der Waals surface area (Å²) in [5.74, 6) is -1.37. The van der Waals surface area contributed by atoms with E-state index >= 15 is 0 Å². The summed E-state index contributed by atoms with van der Waals surface area (Å²) < 4.78 is 5.08. The number of carbonyl (C=O) groups is 2. The summed E-state index contributed by atoms with van der Waals surface area (Å²) in [5, 5.41) is 9.69. The number of amides is 1. The Bertz CT molecular complexity index is 605. The standard InChI is InChI=1S/C19H28N2O4/c1-14-6-4-5-7-15(14)18-16(19(23)24)8-9-17(22)21(18)11-10-20(2)12-13-25-3/h4-7,16,18H,8-13H2,1-3H3,(H,23,24). The number of aryl methyl sites for hydroxylation is 1. The maximum absolute atomic E-state index is 12.6. The molecule has 1 aliphatic heterocycles. The number of aliphatic carboxylic acids is 1. The van der Waals surface area contributed by atoms with Crippen LogP contribution >= 0.6 is 0 Å². The van der Waals surface area contributed by atoms with Crippen LogP contribution in [0.3, 0.4) is 0 Å². The Hall–Kier alpha value is -1.92. The lowest BCUT2D eigenvalue weighted by Gasteiger charge is -2.41. The highest BCUT2D eigenvalue weighted by Gasteiger charge is 2.41. The van der Waals surface area contributed by atoms with Crippen molar-refractivity contribution >= 4 is 11.9 Å². The summed E-state index contributed by atoms with van der Waals surface area (Å²) in [6, 6.07) is 7.34. The van der Waals surface area contributed by atoms with Crippen molar-refractivity contribution in [2.45, 2.75) is 25.8 Å². The lowest BCUT2D eigenvalue weighted by molar-refractivity contribution is -0.152. The van der Waals surface area contributed by atoms with Gasteiger partial charge in [-0.3, -0.25) is 9.59 Å². The third-order valence-corrected chi connectivity index (χ3v) is 4.93.